The van der Waals surface area contributed by atoms with Crippen LogP contribution in [0.2, 0.25) is 0 Å². The fourth-order valence-corrected chi connectivity index (χ4v) is 1.29. The van der Waals surface area contributed by atoms with E-state index in [9.17, 15) is 4.79 Å². The smallest absolute Gasteiger partial charge is 0.358 e. The molecule has 0 amide bonds. The zero-order valence-corrected chi connectivity index (χ0v) is 8.24. The number of nitrogens with zero attached hydrogens (tertiary/aromatic N) is 3. The molecule has 0 spiro atoms. The highest BCUT2D eigenvalue weighted by atomic mass is 16.4. The molecule has 1 aromatic carbocycles. The Morgan fingerprint density at radius 3 is 2.44 bits per heavy atom. The molecule has 6 nitrogen and oxygen atoms in total. The maximum absolute atomic E-state index is 10.8. The number of aromatic nitrogens is 3. The lowest BCUT2D eigenvalue weighted by Crippen LogP contribution is -2.02. The summed E-state index contributed by atoms with van der Waals surface area (Å²) in [6.07, 6.45) is 0. The first-order valence-corrected chi connectivity index (χ1v) is 4.58. The Kier molecular flexibility index (Phi) is 2.65. The van der Waals surface area contributed by atoms with Crippen LogP contribution in [-0.4, -0.2) is 31.2 Å². The normalized spacial score (nSPS) is 10.3. The molecule has 0 aliphatic rings. The number of aliphatic hydroxyl groups excluding tert-OH is 1. The Balaban J connectivity index is 2.48. The molecule has 0 radical (unpaired) electrons. The standard InChI is InChI=1S/C10H9N3O3/c14-6-8-9(10(15)16)12-13(11-8)7-4-2-1-3-5-7/h1-5,14H,6H2,(H,15,16). The second-order valence-corrected chi connectivity index (χ2v) is 3.08. The number of benzene rings is 1. The molecule has 0 fully saturated rings. The van der Waals surface area contributed by atoms with Gasteiger partial charge in [-0.1, -0.05) is 18.2 Å². The summed E-state index contributed by atoms with van der Waals surface area (Å²) in [6.45, 7) is -0.450. The predicted octanol–water partition coefficient (Wildman–Crippen LogP) is 0.458. The van der Waals surface area contributed by atoms with E-state index in [0.29, 0.717) is 5.69 Å². The van der Waals surface area contributed by atoms with Crippen LogP contribution in [0.1, 0.15) is 16.2 Å². The van der Waals surface area contributed by atoms with E-state index in [2.05, 4.69) is 10.2 Å². The summed E-state index contributed by atoms with van der Waals surface area (Å²) in [5, 5.41) is 25.5. The number of para-hydroxylation sites is 1. The summed E-state index contributed by atoms with van der Waals surface area (Å²) in [7, 11) is 0. The van der Waals surface area contributed by atoms with Crippen molar-refractivity contribution in [2.24, 2.45) is 0 Å². The molecule has 0 aliphatic heterocycles. The minimum atomic E-state index is -1.20. The van der Waals surface area contributed by atoms with E-state index in [1.54, 1.807) is 24.3 Å². The van der Waals surface area contributed by atoms with Gasteiger partial charge in [0.05, 0.1) is 12.3 Å². The van der Waals surface area contributed by atoms with Gasteiger partial charge in [0.2, 0.25) is 0 Å². The number of carboxylic acid groups (broad SMARTS) is 1. The molecule has 0 saturated carbocycles. The molecule has 16 heavy (non-hydrogen) atoms. The van der Waals surface area contributed by atoms with Crippen molar-refractivity contribution < 1.29 is 15.0 Å². The minimum Gasteiger partial charge on any atom is -0.476 e. The van der Waals surface area contributed by atoms with Gasteiger partial charge in [-0.3, -0.25) is 0 Å². The highest BCUT2D eigenvalue weighted by Crippen LogP contribution is 2.08. The van der Waals surface area contributed by atoms with Crippen molar-refractivity contribution in [3.05, 3.63) is 41.7 Å². The van der Waals surface area contributed by atoms with Crippen LogP contribution in [0.25, 0.3) is 5.69 Å². The monoisotopic (exact) mass is 219 g/mol. The minimum absolute atomic E-state index is 0.0522. The van der Waals surface area contributed by atoms with Crippen molar-refractivity contribution in [2.75, 3.05) is 0 Å². The summed E-state index contributed by atoms with van der Waals surface area (Å²) in [6, 6.07) is 8.90. The van der Waals surface area contributed by atoms with E-state index >= 15 is 0 Å². The van der Waals surface area contributed by atoms with Crippen LogP contribution in [0.3, 0.4) is 0 Å². The summed E-state index contributed by atoms with van der Waals surface area (Å²) in [5.74, 6) is -1.20. The molecule has 2 rings (SSSR count). The molecule has 2 N–H and O–H groups in total. The van der Waals surface area contributed by atoms with Gasteiger partial charge in [-0.05, 0) is 12.1 Å². The molecule has 0 unspecified atom stereocenters. The molecular weight excluding hydrogens is 210 g/mol. The summed E-state index contributed by atoms with van der Waals surface area (Å²) < 4.78 is 0. The van der Waals surface area contributed by atoms with Crippen LogP contribution in [-0.2, 0) is 6.61 Å². The number of aromatic carboxylic acids is 1. The van der Waals surface area contributed by atoms with E-state index in [4.69, 9.17) is 10.2 Å². The maximum atomic E-state index is 10.8. The quantitative estimate of drug-likeness (QED) is 0.782. The van der Waals surface area contributed by atoms with Crippen LogP contribution in [0.4, 0.5) is 0 Å². The van der Waals surface area contributed by atoms with Gasteiger partial charge in [-0.2, -0.15) is 4.80 Å². The van der Waals surface area contributed by atoms with Crippen molar-refractivity contribution in [3.63, 3.8) is 0 Å². The van der Waals surface area contributed by atoms with Crippen molar-refractivity contribution in [3.8, 4) is 5.69 Å². The van der Waals surface area contributed by atoms with Gasteiger partial charge in [0.1, 0.15) is 5.69 Å². The van der Waals surface area contributed by atoms with Gasteiger partial charge < -0.3 is 10.2 Å². The number of hydrogen-bond acceptors (Lipinski definition) is 4. The van der Waals surface area contributed by atoms with Crippen LogP contribution < -0.4 is 0 Å². The third kappa shape index (κ3) is 1.78. The largest absolute Gasteiger partial charge is 0.476 e. The van der Waals surface area contributed by atoms with Gasteiger partial charge in [0, 0.05) is 0 Å². The second-order valence-electron chi connectivity index (χ2n) is 3.08. The summed E-state index contributed by atoms with van der Waals surface area (Å²) in [4.78, 5) is 12.0. The van der Waals surface area contributed by atoms with E-state index in [-0.39, 0.29) is 11.4 Å². The third-order valence-corrected chi connectivity index (χ3v) is 2.02. The first kappa shape index (κ1) is 10.3. The lowest BCUT2D eigenvalue weighted by Gasteiger charge is -1.96. The summed E-state index contributed by atoms with van der Waals surface area (Å²) >= 11 is 0. The Labute approximate surface area is 90.8 Å². The molecule has 0 aliphatic carbocycles. The molecule has 1 heterocycles. The fraction of sp³-hybridized carbons (Fsp3) is 0.100. The van der Waals surface area contributed by atoms with E-state index in [1.165, 1.54) is 4.80 Å². The molecule has 2 aromatic rings. The van der Waals surface area contributed by atoms with E-state index < -0.39 is 12.6 Å². The highest BCUT2D eigenvalue weighted by Gasteiger charge is 2.17. The van der Waals surface area contributed by atoms with Crippen molar-refractivity contribution in [1.82, 2.24) is 15.0 Å². The lowest BCUT2D eigenvalue weighted by molar-refractivity contribution is 0.0686. The topological polar surface area (TPSA) is 88.2 Å². The molecule has 6 heteroatoms. The first-order chi connectivity index (χ1) is 7.72. The molecule has 0 bridgehead atoms. The Bertz CT molecular complexity index is 507. The number of carboxylic acids is 1. The second kappa shape index (κ2) is 4.11. The number of aliphatic hydroxyl groups is 1. The molecule has 0 saturated heterocycles. The van der Waals surface area contributed by atoms with Gasteiger partial charge in [0.15, 0.2) is 5.69 Å². The Morgan fingerprint density at radius 2 is 1.94 bits per heavy atom. The zero-order valence-electron chi connectivity index (χ0n) is 8.24. The highest BCUT2D eigenvalue weighted by molar-refractivity contribution is 5.86. The van der Waals surface area contributed by atoms with Crippen molar-refractivity contribution in [1.29, 1.82) is 0 Å². The SMILES string of the molecule is O=C(O)c1nn(-c2ccccc2)nc1CO. The van der Waals surface area contributed by atoms with Crippen molar-refractivity contribution >= 4 is 5.97 Å². The summed E-state index contributed by atoms with van der Waals surface area (Å²) in [5.41, 5.74) is 0.465. The Morgan fingerprint density at radius 1 is 1.25 bits per heavy atom. The van der Waals surface area contributed by atoms with Crippen molar-refractivity contribution in [2.45, 2.75) is 6.61 Å². The molecular formula is C10H9N3O3. The lowest BCUT2D eigenvalue weighted by atomic mass is 10.3. The average molecular weight is 219 g/mol. The number of carbonyl (C=O) groups is 1. The van der Waals surface area contributed by atoms with Crippen LogP contribution in [0, 0.1) is 0 Å². The average Bonchev–Trinajstić information content (AvgIpc) is 2.74. The van der Waals surface area contributed by atoms with E-state index in [1.807, 2.05) is 6.07 Å². The number of hydrogen-bond donors (Lipinski definition) is 2. The molecule has 1 aromatic heterocycles. The van der Waals surface area contributed by atoms with E-state index in [0.717, 1.165) is 0 Å². The maximum Gasteiger partial charge on any atom is 0.358 e. The van der Waals surface area contributed by atoms with Crippen LogP contribution in [0.5, 0.6) is 0 Å². The van der Waals surface area contributed by atoms with Crippen LogP contribution >= 0.6 is 0 Å². The van der Waals surface area contributed by atoms with Gasteiger partial charge >= 0.3 is 5.97 Å². The van der Waals surface area contributed by atoms with Gasteiger partial charge in [-0.25, -0.2) is 4.79 Å². The predicted molar refractivity (Wildman–Crippen MR) is 54.2 cm³/mol. The molecule has 82 valence electrons. The first-order valence-electron chi connectivity index (χ1n) is 4.58. The third-order valence-electron chi connectivity index (χ3n) is 2.02. The zero-order chi connectivity index (χ0) is 11.5. The molecule has 0 atom stereocenters. The van der Waals surface area contributed by atoms with Crippen LogP contribution in [0.15, 0.2) is 30.3 Å². The Hall–Kier alpha value is -2.21. The van der Waals surface area contributed by atoms with Gasteiger partial charge in [0.25, 0.3) is 0 Å². The number of rotatable bonds is 3. The van der Waals surface area contributed by atoms with Gasteiger partial charge in [-0.15, -0.1) is 10.2 Å². The fourth-order valence-electron chi connectivity index (χ4n) is 1.29.